The van der Waals surface area contributed by atoms with Crippen molar-refractivity contribution in [1.29, 1.82) is 0 Å². The number of hydrogen-bond acceptors (Lipinski definition) is 3. The van der Waals surface area contributed by atoms with Gasteiger partial charge >= 0.3 is 0 Å². The minimum Gasteiger partial charge on any atom is -0.374 e. The van der Waals surface area contributed by atoms with E-state index in [4.69, 9.17) is 0 Å². The zero-order valence-electron chi connectivity index (χ0n) is 17.8. The van der Waals surface area contributed by atoms with Gasteiger partial charge in [0.05, 0.1) is 6.04 Å². The zero-order chi connectivity index (χ0) is 20.2. The Morgan fingerprint density at radius 3 is 2.62 bits per heavy atom. The molecule has 1 saturated heterocycles. The molecule has 0 spiro atoms. The normalized spacial score (nSPS) is 18.2. The molecule has 4 heteroatoms. The van der Waals surface area contributed by atoms with Crippen LogP contribution in [0.1, 0.15) is 58.8 Å². The van der Waals surface area contributed by atoms with Gasteiger partial charge in [-0.1, -0.05) is 36.8 Å². The number of piperidine rings is 1. The van der Waals surface area contributed by atoms with Gasteiger partial charge in [0, 0.05) is 31.4 Å². The summed E-state index contributed by atoms with van der Waals surface area (Å²) in [5.74, 6) is 0.0304. The highest BCUT2D eigenvalue weighted by Crippen LogP contribution is 2.31. The molecule has 4 nitrogen and oxygen atoms in total. The molecule has 29 heavy (non-hydrogen) atoms. The fourth-order valence-corrected chi connectivity index (χ4v) is 4.81. The molecule has 2 heterocycles. The van der Waals surface area contributed by atoms with E-state index in [0.717, 1.165) is 37.2 Å². The second-order valence-corrected chi connectivity index (χ2v) is 8.55. The minimum atomic E-state index is 0.0304. The number of carbonyl (C=O) groups is 1. The van der Waals surface area contributed by atoms with E-state index in [1.165, 1.54) is 42.5 Å². The molecule has 154 valence electrons. The molecule has 0 radical (unpaired) electrons. The van der Waals surface area contributed by atoms with Crippen LogP contribution in [0, 0.1) is 6.92 Å². The molecule has 1 atom stereocenters. The number of fused-ring (bicyclic) bond motifs is 1. The maximum Gasteiger partial charge on any atom is 0.251 e. The number of nitrogens with one attached hydrogen (secondary N) is 1. The number of rotatable bonds is 5. The summed E-state index contributed by atoms with van der Waals surface area (Å²) in [6.07, 6.45) is 6.17. The molecule has 1 fully saturated rings. The zero-order valence-corrected chi connectivity index (χ0v) is 17.8. The first-order valence-corrected chi connectivity index (χ1v) is 11.1. The molecule has 0 bridgehead atoms. The average molecular weight is 392 g/mol. The van der Waals surface area contributed by atoms with Crippen LogP contribution < -0.4 is 10.2 Å². The highest BCUT2D eigenvalue weighted by Gasteiger charge is 2.25. The Morgan fingerprint density at radius 1 is 1.03 bits per heavy atom. The van der Waals surface area contributed by atoms with E-state index in [-0.39, 0.29) is 11.9 Å². The molecule has 0 saturated carbocycles. The van der Waals surface area contributed by atoms with Crippen LogP contribution in [0.4, 0.5) is 5.69 Å². The third kappa shape index (κ3) is 4.48. The van der Waals surface area contributed by atoms with Crippen molar-refractivity contribution in [3.8, 4) is 0 Å². The minimum absolute atomic E-state index is 0.0304. The monoisotopic (exact) mass is 391 g/mol. The van der Waals surface area contributed by atoms with Gasteiger partial charge in [-0.05, 0) is 74.5 Å². The number of likely N-dealkylation sites (tertiary alicyclic amines) is 1. The number of hydrogen-bond donors (Lipinski definition) is 1. The van der Waals surface area contributed by atoms with Gasteiger partial charge in [0.25, 0.3) is 5.91 Å². The topological polar surface area (TPSA) is 35.6 Å². The molecule has 2 aromatic rings. The summed E-state index contributed by atoms with van der Waals surface area (Å²) in [7, 11) is 2.18. The number of benzene rings is 2. The SMILES string of the molecule is Cc1ccccc1C(=O)NC[C@@H](c1ccc2c(c1)CCCN2C)N1CCCCC1. The van der Waals surface area contributed by atoms with Crippen molar-refractivity contribution in [2.24, 2.45) is 0 Å². The van der Waals surface area contributed by atoms with Crippen LogP contribution >= 0.6 is 0 Å². The second kappa shape index (κ2) is 9.00. The highest BCUT2D eigenvalue weighted by atomic mass is 16.1. The lowest BCUT2D eigenvalue weighted by Gasteiger charge is -2.36. The van der Waals surface area contributed by atoms with Gasteiger partial charge in [0.2, 0.25) is 0 Å². The van der Waals surface area contributed by atoms with Crippen LogP contribution in [0.3, 0.4) is 0 Å². The van der Waals surface area contributed by atoms with Crippen LogP contribution in [0.15, 0.2) is 42.5 Å². The third-order valence-electron chi connectivity index (χ3n) is 6.52. The molecule has 2 aliphatic heterocycles. The fourth-order valence-electron chi connectivity index (χ4n) is 4.81. The predicted molar refractivity (Wildman–Crippen MR) is 120 cm³/mol. The van der Waals surface area contributed by atoms with E-state index < -0.39 is 0 Å². The van der Waals surface area contributed by atoms with Crippen LogP contribution in [0.5, 0.6) is 0 Å². The fraction of sp³-hybridized carbons (Fsp3) is 0.480. The standard InChI is InChI=1S/C25H33N3O/c1-19-9-4-5-11-22(19)25(29)26-18-24(28-15-6-3-7-16-28)21-12-13-23-20(17-21)10-8-14-27(23)2/h4-5,9,11-13,17,24H,3,6-8,10,14-16,18H2,1-2H3,(H,26,29)/t24-/m0/s1. The summed E-state index contributed by atoms with van der Waals surface area (Å²) in [5, 5.41) is 3.23. The quantitative estimate of drug-likeness (QED) is 0.824. The van der Waals surface area contributed by atoms with Crippen molar-refractivity contribution in [2.75, 3.05) is 38.1 Å². The lowest BCUT2D eigenvalue weighted by molar-refractivity contribution is 0.0924. The summed E-state index contributed by atoms with van der Waals surface area (Å²) in [6.45, 7) is 6.01. The Kier molecular flexibility index (Phi) is 6.19. The van der Waals surface area contributed by atoms with E-state index in [1.54, 1.807) is 0 Å². The first-order valence-electron chi connectivity index (χ1n) is 11.1. The van der Waals surface area contributed by atoms with Crippen molar-refractivity contribution < 1.29 is 4.79 Å². The van der Waals surface area contributed by atoms with Crippen LogP contribution in [0.25, 0.3) is 0 Å². The van der Waals surface area contributed by atoms with E-state index in [2.05, 4.69) is 40.4 Å². The molecule has 1 N–H and O–H groups in total. The van der Waals surface area contributed by atoms with Crippen LogP contribution in [-0.2, 0) is 6.42 Å². The predicted octanol–water partition coefficient (Wildman–Crippen LogP) is 4.33. The highest BCUT2D eigenvalue weighted by molar-refractivity contribution is 5.95. The summed E-state index contributed by atoms with van der Waals surface area (Å²) in [4.78, 5) is 17.7. The summed E-state index contributed by atoms with van der Waals surface area (Å²) >= 11 is 0. The molecule has 2 aromatic carbocycles. The van der Waals surface area contributed by atoms with Crippen molar-refractivity contribution in [1.82, 2.24) is 10.2 Å². The van der Waals surface area contributed by atoms with Crippen molar-refractivity contribution in [2.45, 2.75) is 45.1 Å². The lowest BCUT2D eigenvalue weighted by Crippen LogP contribution is -2.41. The largest absolute Gasteiger partial charge is 0.374 e. The Morgan fingerprint density at radius 2 is 1.83 bits per heavy atom. The van der Waals surface area contributed by atoms with E-state index in [0.29, 0.717) is 6.54 Å². The number of carbonyl (C=O) groups excluding carboxylic acids is 1. The third-order valence-corrected chi connectivity index (χ3v) is 6.52. The number of anilines is 1. The molecule has 2 aliphatic rings. The first-order chi connectivity index (χ1) is 14.1. The summed E-state index contributed by atoms with van der Waals surface area (Å²) in [5.41, 5.74) is 5.95. The van der Waals surface area contributed by atoms with Crippen molar-refractivity contribution >= 4 is 11.6 Å². The van der Waals surface area contributed by atoms with Crippen molar-refractivity contribution in [3.63, 3.8) is 0 Å². The van der Waals surface area contributed by atoms with Gasteiger partial charge < -0.3 is 10.2 Å². The Bertz CT molecular complexity index is 857. The maximum absolute atomic E-state index is 12.8. The molecule has 0 aromatic heterocycles. The van der Waals surface area contributed by atoms with Crippen LogP contribution in [-0.4, -0.2) is 44.0 Å². The van der Waals surface area contributed by atoms with Gasteiger partial charge in [-0.15, -0.1) is 0 Å². The van der Waals surface area contributed by atoms with E-state index in [1.807, 2.05) is 31.2 Å². The van der Waals surface area contributed by atoms with Gasteiger partial charge in [-0.2, -0.15) is 0 Å². The molecule has 4 rings (SSSR count). The molecular formula is C25H33N3O. The van der Waals surface area contributed by atoms with E-state index >= 15 is 0 Å². The van der Waals surface area contributed by atoms with Gasteiger partial charge in [-0.3, -0.25) is 9.69 Å². The van der Waals surface area contributed by atoms with Crippen molar-refractivity contribution in [3.05, 3.63) is 64.7 Å². The summed E-state index contributed by atoms with van der Waals surface area (Å²) < 4.78 is 0. The maximum atomic E-state index is 12.8. The summed E-state index contributed by atoms with van der Waals surface area (Å²) in [6, 6.07) is 15.0. The molecule has 1 amide bonds. The van der Waals surface area contributed by atoms with E-state index in [9.17, 15) is 4.79 Å². The average Bonchev–Trinajstić information content (AvgIpc) is 2.75. The Hall–Kier alpha value is -2.33. The molecule has 0 aliphatic carbocycles. The molecule has 0 unspecified atom stereocenters. The molecular weight excluding hydrogens is 358 g/mol. The van der Waals surface area contributed by atoms with Gasteiger partial charge in [0.15, 0.2) is 0 Å². The Labute approximate surface area is 174 Å². The Balaban J connectivity index is 1.55. The number of aryl methyl sites for hydroxylation is 2. The van der Waals surface area contributed by atoms with Crippen LogP contribution in [0.2, 0.25) is 0 Å². The first kappa shape index (κ1) is 20.0. The lowest BCUT2D eigenvalue weighted by atomic mass is 9.95. The number of amides is 1. The smallest absolute Gasteiger partial charge is 0.251 e. The second-order valence-electron chi connectivity index (χ2n) is 8.55. The van der Waals surface area contributed by atoms with Gasteiger partial charge in [0.1, 0.15) is 0 Å². The van der Waals surface area contributed by atoms with Gasteiger partial charge in [-0.25, -0.2) is 0 Å². The number of nitrogens with zero attached hydrogens (tertiary/aromatic N) is 2.